The van der Waals surface area contributed by atoms with Crippen molar-refractivity contribution in [3.8, 4) is 23.3 Å². The maximum atomic E-state index is 14.7. The Balaban J connectivity index is 1.13. The van der Waals surface area contributed by atoms with Gasteiger partial charge >= 0.3 is 5.97 Å². The number of ketones is 1. The number of thioether (sulfide) groups is 1. The van der Waals surface area contributed by atoms with Gasteiger partial charge in [0.05, 0.1) is 16.6 Å². The van der Waals surface area contributed by atoms with Crippen LogP contribution in [0.1, 0.15) is 92.8 Å². The van der Waals surface area contributed by atoms with Gasteiger partial charge in [0, 0.05) is 33.8 Å². The second-order valence-corrected chi connectivity index (χ2v) is 16.3. The molecule has 3 aliphatic carbocycles. The van der Waals surface area contributed by atoms with E-state index in [0.29, 0.717) is 10.8 Å². The fourth-order valence-electron chi connectivity index (χ4n) is 9.34. The quantitative estimate of drug-likeness (QED) is 0.123. The monoisotopic (exact) mass is 705 g/mol. The minimum absolute atomic E-state index is 0.0308. The molecule has 8 rings (SSSR count). The number of ether oxygens (including phenoxy) is 1. The summed E-state index contributed by atoms with van der Waals surface area (Å²) in [6.07, 6.45) is 8.28. The molecule has 2 heterocycles. The van der Waals surface area contributed by atoms with Crippen LogP contribution in [0.3, 0.4) is 0 Å². The Bertz CT molecular complexity index is 2010. The number of anilines is 1. The Hall–Kier alpha value is -4.52. The number of carbonyl (C=O) groups excluding carboxylic acids is 2. The first-order valence-electron chi connectivity index (χ1n) is 17.8. The van der Waals surface area contributed by atoms with Gasteiger partial charge in [-0.05, 0) is 105 Å². The third-order valence-electron chi connectivity index (χ3n) is 11.7. The molecule has 4 N–H and O–H groups in total. The van der Waals surface area contributed by atoms with Crippen LogP contribution in [-0.2, 0) is 20.7 Å². The van der Waals surface area contributed by atoms with E-state index in [1.165, 1.54) is 23.7 Å². The number of carboxylic acids is 1. The smallest absolute Gasteiger partial charge is 0.339 e. The Morgan fingerprint density at radius 2 is 1.80 bits per heavy atom. The average molecular weight is 706 g/mol. The summed E-state index contributed by atoms with van der Waals surface area (Å²) in [7, 11) is 0. The van der Waals surface area contributed by atoms with Crippen LogP contribution in [0.4, 0.5) is 5.69 Å². The topological polar surface area (TPSA) is 133 Å². The lowest BCUT2D eigenvalue weighted by atomic mass is 9.51. The number of hydrogen-bond acceptors (Lipinski definition) is 7. The van der Waals surface area contributed by atoms with E-state index in [-0.39, 0.29) is 47.4 Å². The number of phenolic OH excluding ortho intramolecular Hbond substituents is 1. The van der Waals surface area contributed by atoms with Gasteiger partial charge in [0.1, 0.15) is 17.0 Å². The number of carbonyl (C=O) groups is 3. The van der Waals surface area contributed by atoms with E-state index in [9.17, 15) is 29.7 Å². The maximum absolute atomic E-state index is 14.7. The van der Waals surface area contributed by atoms with E-state index in [0.717, 1.165) is 60.3 Å². The van der Waals surface area contributed by atoms with Gasteiger partial charge in [0.25, 0.3) is 0 Å². The van der Waals surface area contributed by atoms with Gasteiger partial charge in [-0.3, -0.25) is 9.59 Å². The number of nitrogens with one attached hydrogen (secondary N) is 1. The van der Waals surface area contributed by atoms with Crippen LogP contribution in [0.15, 0.2) is 76.5 Å². The molecule has 3 aromatic rings. The predicted molar refractivity (Wildman–Crippen MR) is 196 cm³/mol. The number of aryl methyl sites for hydroxylation is 1. The SMILES string of the molecule is CCCCc1ccc(C#Cc2cccc(SC3=C[C@]45C[C@H]6C[C@H](O[C@@]6(C)C4)[C@H]5[C@](C)(CCC(=O)Nc4c(O)ccc(C(=O)O)c4O)C3=O)c2)cc1. The lowest BCUT2D eigenvalue weighted by Gasteiger charge is -2.56. The van der Waals surface area contributed by atoms with Crippen molar-refractivity contribution in [1.29, 1.82) is 0 Å². The number of aromatic hydroxyl groups is 2. The zero-order valence-electron chi connectivity index (χ0n) is 29.1. The molecule has 5 aliphatic rings. The molecule has 8 nitrogen and oxygen atoms in total. The van der Waals surface area contributed by atoms with Crippen LogP contribution in [0.5, 0.6) is 11.5 Å². The maximum Gasteiger partial charge on any atom is 0.339 e. The molecule has 2 saturated heterocycles. The largest absolute Gasteiger partial charge is 0.506 e. The molecule has 0 aromatic heterocycles. The molecule has 51 heavy (non-hydrogen) atoms. The highest BCUT2D eigenvalue weighted by Crippen LogP contribution is 2.72. The third-order valence-corrected chi connectivity index (χ3v) is 12.7. The second kappa shape index (κ2) is 13.2. The number of aromatic carboxylic acids is 1. The van der Waals surface area contributed by atoms with E-state index in [2.05, 4.69) is 61.3 Å². The van der Waals surface area contributed by atoms with Gasteiger partial charge in [-0.25, -0.2) is 4.79 Å². The fourth-order valence-corrected chi connectivity index (χ4v) is 10.5. The van der Waals surface area contributed by atoms with Crippen molar-refractivity contribution in [2.75, 3.05) is 5.32 Å². The summed E-state index contributed by atoms with van der Waals surface area (Å²) in [4.78, 5) is 41.1. The summed E-state index contributed by atoms with van der Waals surface area (Å²) >= 11 is 1.45. The molecular formula is C42H43NO7S. The van der Waals surface area contributed by atoms with Crippen LogP contribution in [0.2, 0.25) is 0 Å². The molecule has 1 amide bonds. The highest BCUT2D eigenvalue weighted by molar-refractivity contribution is 8.04. The van der Waals surface area contributed by atoms with E-state index < -0.39 is 34.4 Å². The summed E-state index contributed by atoms with van der Waals surface area (Å²) in [5, 5.41) is 32.7. The molecule has 0 radical (unpaired) electrons. The van der Waals surface area contributed by atoms with Crippen molar-refractivity contribution < 1.29 is 34.4 Å². The van der Waals surface area contributed by atoms with Crippen LogP contribution >= 0.6 is 11.8 Å². The standard InChI is InChI=1S/C42H43NO7S/c1-4-5-7-25-10-12-26(13-11-25)14-15-27-8-6-9-29(20-27)51-33-23-42-22-28-21-32(50-41(28,3)24-42)37(42)40(2,38(33)47)19-18-34(45)43-35-31(44)17-16-30(36(35)46)39(48)49/h6,8-13,16-17,20,23,28,32,37,44,46H,4-5,7,18-19,21-22,24H2,1-3H3,(H,43,45)(H,48,49)/t28-,32+,37+,40+,41+,42-/m1/s1. The summed E-state index contributed by atoms with van der Waals surface area (Å²) < 4.78 is 6.65. The molecule has 9 heteroatoms. The van der Waals surface area contributed by atoms with E-state index in [1.807, 2.05) is 31.2 Å². The number of phenols is 2. The molecule has 3 aromatic carbocycles. The molecule has 4 bridgehead atoms. The lowest BCUT2D eigenvalue weighted by Crippen LogP contribution is -2.57. The van der Waals surface area contributed by atoms with Crippen LogP contribution in [0.25, 0.3) is 0 Å². The van der Waals surface area contributed by atoms with Gasteiger partial charge in [0.15, 0.2) is 11.5 Å². The van der Waals surface area contributed by atoms with Crippen LogP contribution in [0, 0.1) is 34.5 Å². The van der Waals surface area contributed by atoms with Crippen molar-refractivity contribution in [2.24, 2.45) is 22.7 Å². The molecule has 2 saturated carbocycles. The lowest BCUT2D eigenvalue weighted by molar-refractivity contribution is -0.169. The Morgan fingerprint density at radius 1 is 1.04 bits per heavy atom. The predicted octanol–water partition coefficient (Wildman–Crippen LogP) is 8.10. The first-order chi connectivity index (χ1) is 24.3. The van der Waals surface area contributed by atoms with Crippen molar-refractivity contribution >= 4 is 35.1 Å². The van der Waals surface area contributed by atoms with E-state index in [1.54, 1.807) is 0 Å². The molecular weight excluding hydrogens is 663 g/mol. The van der Waals surface area contributed by atoms with Crippen molar-refractivity contribution in [3.05, 3.63) is 93.9 Å². The number of Topliss-reactive ketones (excluding diaryl/α,β-unsaturated/α-hetero) is 1. The summed E-state index contributed by atoms with van der Waals surface area (Å²) in [5.41, 5.74) is 0.905. The third kappa shape index (κ3) is 6.34. The number of carboxylic acid groups (broad SMARTS) is 1. The highest BCUT2D eigenvalue weighted by Gasteiger charge is 2.72. The van der Waals surface area contributed by atoms with E-state index >= 15 is 0 Å². The van der Waals surface area contributed by atoms with Gasteiger partial charge in [-0.2, -0.15) is 0 Å². The Kier molecular flexibility index (Phi) is 9.05. The van der Waals surface area contributed by atoms with Gasteiger partial charge in [-0.1, -0.05) is 68.1 Å². The molecule has 0 unspecified atom stereocenters. The second-order valence-electron chi connectivity index (χ2n) is 15.1. The Morgan fingerprint density at radius 3 is 2.53 bits per heavy atom. The number of benzene rings is 3. The van der Waals surface area contributed by atoms with E-state index in [4.69, 9.17) is 4.74 Å². The molecule has 264 valence electrons. The van der Waals surface area contributed by atoms with Gasteiger partial charge in [-0.15, -0.1) is 0 Å². The summed E-state index contributed by atoms with van der Waals surface area (Å²) in [6, 6.07) is 18.5. The minimum atomic E-state index is -1.39. The normalized spacial score (nSPS) is 28.5. The highest BCUT2D eigenvalue weighted by atomic mass is 32.2. The number of unbranched alkanes of at least 4 members (excludes halogenated alkanes) is 1. The zero-order chi connectivity index (χ0) is 36.1. The Labute approximate surface area is 302 Å². The van der Waals surface area contributed by atoms with Crippen molar-refractivity contribution in [1.82, 2.24) is 0 Å². The van der Waals surface area contributed by atoms with Crippen LogP contribution in [-0.4, -0.2) is 44.7 Å². The number of allylic oxidation sites excluding steroid dienone is 2. The number of amides is 1. The van der Waals surface area contributed by atoms with Crippen molar-refractivity contribution in [3.63, 3.8) is 0 Å². The zero-order valence-corrected chi connectivity index (χ0v) is 29.9. The first kappa shape index (κ1) is 34.9. The minimum Gasteiger partial charge on any atom is -0.506 e. The molecule has 6 atom stereocenters. The van der Waals surface area contributed by atoms with Gasteiger partial charge < -0.3 is 25.4 Å². The number of hydrogen-bond donors (Lipinski definition) is 4. The summed E-state index contributed by atoms with van der Waals surface area (Å²) in [5.74, 6) is 3.72. The van der Waals surface area contributed by atoms with Gasteiger partial charge in [0.2, 0.25) is 5.91 Å². The molecule has 1 spiro atoms. The first-order valence-corrected chi connectivity index (χ1v) is 18.6. The summed E-state index contributed by atoms with van der Waals surface area (Å²) in [6.45, 7) is 6.34. The van der Waals surface area contributed by atoms with Crippen molar-refractivity contribution in [2.45, 2.75) is 88.7 Å². The number of rotatable bonds is 10. The molecule has 2 aliphatic heterocycles. The average Bonchev–Trinajstić information content (AvgIpc) is 3.46. The molecule has 4 fully saturated rings. The van der Waals surface area contributed by atoms with Crippen LogP contribution < -0.4 is 5.32 Å². The fraction of sp³-hybridized carbons (Fsp3) is 0.405.